The van der Waals surface area contributed by atoms with E-state index in [4.69, 9.17) is 10.9 Å². The molecule has 0 unspecified atom stereocenters. The van der Waals surface area contributed by atoms with Crippen LogP contribution in [0.1, 0.15) is 24.7 Å². The van der Waals surface area contributed by atoms with Gasteiger partial charge in [-0.3, -0.25) is 0 Å². The van der Waals surface area contributed by atoms with Crippen LogP contribution in [0.3, 0.4) is 0 Å². The van der Waals surface area contributed by atoms with E-state index in [2.05, 4.69) is 26.1 Å². The fourth-order valence-electron chi connectivity index (χ4n) is 1.94. The first-order chi connectivity index (χ1) is 9.60. The Hall–Kier alpha value is -1.89. The molecule has 106 valence electrons. The summed E-state index contributed by atoms with van der Waals surface area (Å²) in [4.78, 5) is 4.22. The third kappa shape index (κ3) is 2.53. The van der Waals surface area contributed by atoms with Gasteiger partial charge in [0.15, 0.2) is 11.7 Å². The molecule has 0 saturated heterocycles. The van der Waals surface area contributed by atoms with Gasteiger partial charge in [0.25, 0.3) is 0 Å². The molecule has 0 atom stereocenters. The number of hydrogen-bond acceptors (Lipinski definition) is 3. The Bertz CT molecular complexity index is 654. The van der Waals surface area contributed by atoms with E-state index in [-0.39, 0.29) is 10.3 Å². The van der Waals surface area contributed by atoms with E-state index in [1.807, 2.05) is 6.92 Å². The highest BCUT2D eigenvalue weighted by molar-refractivity contribution is 9.10. The lowest BCUT2D eigenvalue weighted by Crippen LogP contribution is -2.15. The summed E-state index contributed by atoms with van der Waals surface area (Å²) in [5.41, 5.74) is 6.16. The Morgan fingerprint density at radius 1 is 1.55 bits per heavy atom. The van der Waals surface area contributed by atoms with Gasteiger partial charge in [-0.25, -0.2) is 9.37 Å². The number of aromatic nitrogens is 2. The number of amidine groups is 1. The summed E-state index contributed by atoms with van der Waals surface area (Å²) >= 11 is 3.14. The molecule has 3 N–H and O–H groups in total. The molecule has 1 aromatic heterocycles. The maximum atomic E-state index is 14.5. The number of halogens is 2. The fraction of sp³-hybridized carbons (Fsp3) is 0.231. The molecule has 0 aliphatic carbocycles. The second-order valence-corrected chi connectivity index (χ2v) is 5.00. The molecule has 5 nitrogen and oxygen atoms in total. The number of rotatable bonds is 4. The van der Waals surface area contributed by atoms with Crippen LogP contribution in [-0.2, 0) is 6.42 Å². The molecule has 0 amide bonds. The first-order valence-corrected chi connectivity index (χ1v) is 6.88. The number of nitrogens with zero attached hydrogens (tertiary/aromatic N) is 3. The Balaban J connectivity index is 2.54. The van der Waals surface area contributed by atoms with Crippen LogP contribution in [0.2, 0.25) is 0 Å². The predicted molar refractivity (Wildman–Crippen MR) is 77.7 cm³/mol. The van der Waals surface area contributed by atoms with E-state index >= 15 is 0 Å². The first kappa shape index (κ1) is 14.5. The molecule has 0 saturated carbocycles. The van der Waals surface area contributed by atoms with Crippen molar-refractivity contribution in [2.75, 3.05) is 0 Å². The van der Waals surface area contributed by atoms with Gasteiger partial charge in [0.2, 0.25) is 0 Å². The highest BCUT2D eigenvalue weighted by atomic mass is 79.9. The van der Waals surface area contributed by atoms with Crippen molar-refractivity contribution in [1.82, 2.24) is 9.55 Å². The molecule has 1 heterocycles. The summed E-state index contributed by atoms with van der Waals surface area (Å²) in [6.45, 7) is 2.03. The van der Waals surface area contributed by atoms with Gasteiger partial charge in [-0.05, 0) is 34.5 Å². The average molecular weight is 341 g/mol. The quantitative estimate of drug-likeness (QED) is 0.389. The highest BCUT2D eigenvalue weighted by Crippen LogP contribution is 2.27. The highest BCUT2D eigenvalue weighted by Gasteiger charge is 2.16. The second-order valence-electron chi connectivity index (χ2n) is 4.21. The van der Waals surface area contributed by atoms with Crippen LogP contribution in [0.5, 0.6) is 0 Å². The lowest BCUT2D eigenvalue weighted by atomic mass is 10.1. The van der Waals surface area contributed by atoms with Gasteiger partial charge < -0.3 is 15.5 Å². The summed E-state index contributed by atoms with van der Waals surface area (Å²) in [6, 6.07) is 3.17. The molecule has 2 aromatic rings. The zero-order chi connectivity index (χ0) is 14.7. The molecule has 2 rings (SSSR count). The van der Waals surface area contributed by atoms with Gasteiger partial charge >= 0.3 is 0 Å². The van der Waals surface area contributed by atoms with Gasteiger partial charge in [-0.2, -0.15) is 0 Å². The third-order valence-electron chi connectivity index (χ3n) is 2.90. The minimum absolute atomic E-state index is 0.151. The topological polar surface area (TPSA) is 76.4 Å². The number of imidazole rings is 1. The normalized spacial score (nSPS) is 11.8. The van der Waals surface area contributed by atoms with Gasteiger partial charge in [-0.1, -0.05) is 12.1 Å². The lowest BCUT2D eigenvalue weighted by Gasteiger charge is -2.11. The van der Waals surface area contributed by atoms with Gasteiger partial charge in [0.1, 0.15) is 5.82 Å². The van der Waals surface area contributed by atoms with Gasteiger partial charge in [0.05, 0.1) is 10.2 Å². The van der Waals surface area contributed by atoms with E-state index < -0.39 is 5.82 Å². The van der Waals surface area contributed by atoms with E-state index in [1.165, 1.54) is 0 Å². The Kier molecular flexibility index (Phi) is 4.39. The van der Waals surface area contributed by atoms with Gasteiger partial charge in [-0.15, -0.1) is 0 Å². The number of nitrogens with two attached hydrogens (primary N) is 1. The lowest BCUT2D eigenvalue weighted by molar-refractivity contribution is 0.318. The fourth-order valence-corrected chi connectivity index (χ4v) is 2.48. The minimum atomic E-state index is -0.482. The summed E-state index contributed by atoms with van der Waals surface area (Å²) in [7, 11) is 0. The van der Waals surface area contributed by atoms with Crippen molar-refractivity contribution in [3.05, 3.63) is 46.2 Å². The van der Waals surface area contributed by atoms with Crippen LogP contribution >= 0.6 is 15.9 Å². The predicted octanol–water partition coefficient (Wildman–Crippen LogP) is 2.82. The van der Waals surface area contributed by atoms with E-state index in [0.29, 0.717) is 11.3 Å². The molecule has 20 heavy (non-hydrogen) atoms. The number of oxime groups is 1. The van der Waals surface area contributed by atoms with Crippen molar-refractivity contribution in [3.8, 4) is 5.69 Å². The third-order valence-corrected chi connectivity index (χ3v) is 3.67. The molecule has 7 heteroatoms. The SMILES string of the molecule is CCCc1nccn1-c1ccc(/C(N)=N/O)c(Br)c1F. The molecular weight excluding hydrogens is 327 g/mol. The van der Waals surface area contributed by atoms with Crippen molar-refractivity contribution in [1.29, 1.82) is 0 Å². The monoisotopic (exact) mass is 340 g/mol. The van der Waals surface area contributed by atoms with Crippen LogP contribution in [0, 0.1) is 5.82 Å². The summed E-state index contributed by atoms with van der Waals surface area (Å²) in [5.74, 6) is 0.154. The zero-order valence-corrected chi connectivity index (χ0v) is 12.4. The maximum Gasteiger partial charge on any atom is 0.171 e. The van der Waals surface area contributed by atoms with Crippen molar-refractivity contribution >= 4 is 21.8 Å². The number of hydrogen-bond donors (Lipinski definition) is 2. The molecule has 0 spiro atoms. The maximum absolute atomic E-state index is 14.5. The smallest absolute Gasteiger partial charge is 0.171 e. The Labute approximate surface area is 124 Å². The van der Waals surface area contributed by atoms with E-state index in [1.54, 1.807) is 29.1 Å². The minimum Gasteiger partial charge on any atom is -0.409 e. The number of benzene rings is 1. The second kappa shape index (κ2) is 6.04. The zero-order valence-electron chi connectivity index (χ0n) is 10.8. The molecule has 0 aliphatic heterocycles. The van der Waals surface area contributed by atoms with Crippen molar-refractivity contribution in [3.63, 3.8) is 0 Å². The molecule has 0 aliphatic rings. The first-order valence-electron chi connectivity index (χ1n) is 6.08. The van der Waals surface area contributed by atoms with E-state index in [0.717, 1.165) is 18.7 Å². The van der Waals surface area contributed by atoms with Crippen LogP contribution in [0.15, 0.2) is 34.2 Å². The Morgan fingerprint density at radius 2 is 2.30 bits per heavy atom. The number of aryl methyl sites for hydroxylation is 1. The summed E-state index contributed by atoms with van der Waals surface area (Å²) < 4.78 is 16.3. The van der Waals surface area contributed by atoms with Crippen molar-refractivity contribution < 1.29 is 9.60 Å². The van der Waals surface area contributed by atoms with Crippen molar-refractivity contribution in [2.45, 2.75) is 19.8 Å². The molecule has 0 radical (unpaired) electrons. The van der Waals surface area contributed by atoms with E-state index in [9.17, 15) is 4.39 Å². The van der Waals surface area contributed by atoms with Crippen LogP contribution in [-0.4, -0.2) is 20.6 Å². The molecular formula is C13H14BrFN4O. The van der Waals surface area contributed by atoms with Crippen molar-refractivity contribution in [2.24, 2.45) is 10.9 Å². The average Bonchev–Trinajstić information content (AvgIpc) is 2.89. The molecule has 0 fully saturated rings. The largest absolute Gasteiger partial charge is 0.409 e. The standard InChI is InChI=1S/C13H14BrFN4O/c1-2-3-10-17-6-7-19(10)9-5-4-8(13(16)18-20)11(14)12(9)15/h4-7,20H,2-3H2,1H3,(H2,16,18). The summed E-state index contributed by atoms with van der Waals surface area (Å²) in [5, 5.41) is 11.6. The van der Waals surface area contributed by atoms with Crippen LogP contribution < -0.4 is 5.73 Å². The summed E-state index contributed by atoms with van der Waals surface area (Å²) in [6.07, 6.45) is 5.02. The van der Waals surface area contributed by atoms with Crippen LogP contribution in [0.4, 0.5) is 4.39 Å². The molecule has 0 bridgehead atoms. The van der Waals surface area contributed by atoms with Gasteiger partial charge in [0, 0.05) is 24.4 Å². The molecule has 1 aromatic carbocycles. The Morgan fingerprint density at radius 3 is 2.95 bits per heavy atom. The van der Waals surface area contributed by atoms with Crippen LogP contribution in [0.25, 0.3) is 5.69 Å².